The molecule has 166 valence electrons. The van der Waals surface area contributed by atoms with Gasteiger partial charge < -0.3 is 0 Å². The van der Waals surface area contributed by atoms with Crippen molar-refractivity contribution in [1.29, 1.82) is 0 Å². The molecule has 1 aliphatic rings. The molecule has 0 unspecified atom stereocenters. The van der Waals surface area contributed by atoms with Gasteiger partial charge in [0.05, 0.1) is 15.9 Å². The highest BCUT2D eigenvalue weighted by molar-refractivity contribution is 7.89. The van der Waals surface area contributed by atoms with E-state index in [2.05, 4.69) is 9.62 Å². The summed E-state index contributed by atoms with van der Waals surface area (Å²) in [7, 11) is -0.316. The van der Waals surface area contributed by atoms with E-state index in [1.165, 1.54) is 14.7 Å². The molecule has 1 saturated heterocycles. The number of nitrogens with zero attached hydrogens (tertiary/aromatic N) is 3. The number of rotatable bonds is 6. The number of fused-ring (bicyclic) bond motifs is 1. The van der Waals surface area contributed by atoms with E-state index < -0.39 is 10.0 Å². The fraction of sp³-hybridized carbons (Fsp3) is 0.409. The Morgan fingerprint density at radius 1 is 1.00 bits per heavy atom. The van der Waals surface area contributed by atoms with E-state index in [0.29, 0.717) is 23.5 Å². The zero-order valence-corrected chi connectivity index (χ0v) is 19.3. The molecule has 0 bridgehead atoms. The zero-order chi connectivity index (χ0) is 22.2. The Morgan fingerprint density at radius 2 is 1.65 bits per heavy atom. The summed E-state index contributed by atoms with van der Waals surface area (Å²) in [6.07, 6.45) is 1.89. The molecule has 0 atom stereocenters. The molecule has 2 aromatic carbocycles. The molecule has 1 aliphatic heterocycles. The first-order valence-corrected chi connectivity index (χ1v) is 12.2. The highest BCUT2D eigenvalue weighted by Gasteiger charge is 2.23. The number of halogens is 1. The number of aryl methyl sites for hydroxylation is 2. The molecule has 7 nitrogen and oxygen atoms in total. The third kappa shape index (κ3) is 4.72. The van der Waals surface area contributed by atoms with Crippen LogP contribution < -0.4 is 10.4 Å². The Morgan fingerprint density at radius 3 is 2.32 bits per heavy atom. The number of hydrogen-bond acceptors (Lipinski definition) is 4. The van der Waals surface area contributed by atoms with Gasteiger partial charge in [-0.15, -0.1) is 0 Å². The molecule has 3 aromatic rings. The van der Waals surface area contributed by atoms with E-state index in [1.807, 2.05) is 24.3 Å². The number of imidazole rings is 1. The van der Waals surface area contributed by atoms with Gasteiger partial charge in [-0.1, -0.05) is 23.7 Å². The molecular formula is C22H27ClN4O3S. The topological polar surface area (TPSA) is 76.3 Å². The van der Waals surface area contributed by atoms with Crippen LogP contribution in [0.3, 0.4) is 0 Å². The van der Waals surface area contributed by atoms with Gasteiger partial charge in [0.25, 0.3) is 0 Å². The van der Waals surface area contributed by atoms with Gasteiger partial charge in [0.2, 0.25) is 10.0 Å². The lowest BCUT2D eigenvalue weighted by Crippen LogP contribution is -2.38. The normalized spacial score (nSPS) is 16.2. The van der Waals surface area contributed by atoms with Crippen molar-refractivity contribution in [1.82, 2.24) is 18.8 Å². The number of benzene rings is 2. The lowest BCUT2D eigenvalue weighted by molar-refractivity contribution is 0.178. The van der Waals surface area contributed by atoms with E-state index in [0.717, 1.165) is 37.5 Å². The number of nitrogens with one attached hydrogen (secondary N) is 1. The van der Waals surface area contributed by atoms with Gasteiger partial charge in [-0.2, -0.15) is 0 Å². The van der Waals surface area contributed by atoms with Crippen LogP contribution in [0, 0.1) is 5.92 Å². The molecule has 4 rings (SSSR count). The minimum absolute atomic E-state index is 0.178. The quantitative estimate of drug-likeness (QED) is 0.611. The molecule has 1 fully saturated rings. The third-order valence-electron chi connectivity index (χ3n) is 6.14. The first-order valence-electron chi connectivity index (χ1n) is 10.4. The molecule has 1 N–H and O–H groups in total. The van der Waals surface area contributed by atoms with Crippen molar-refractivity contribution >= 4 is 32.7 Å². The van der Waals surface area contributed by atoms with Gasteiger partial charge in [0, 0.05) is 32.2 Å². The second kappa shape index (κ2) is 8.78. The average Bonchev–Trinajstić information content (AvgIpc) is 2.98. The summed E-state index contributed by atoms with van der Waals surface area (Å²) in [4.78, 5) is 14.7. The second-order valence-electron chi connectivity index (χ2n) is 8.25. The highest BCUT2D eigenvalue weighted by Crippen LogP contribution is 2.21. The van der Waals surface area contributed by atoms with Crippen LogP contribution in [0.15, 0.2) is 52.2 Å². The van der Waals surface area contributed by atoms with Crippen molar-refractivity contribution in [3.8, 4) is 0 Å². The Labute approximate surface area is 187 Å². The van der Waals surface area contributed by atoms with Crippen molar-refractivity contribution in [3.63, 3.8) is 0 Å². The minimum Gasteiger partial charge on any atom is -0.299 e. The lowest BCUT2D eigenvalue weighted by Gasteiger charge is -2.32. The largest absolute Gasteiger partial charge is 0.328 e. The van der Waals surface area contributed by atoms with E-state index >= 15 is 0 Å². The first kappa shape index (κ1) is 22.1. The van der Waals surface area contributed by atoms with Crippen LogP contribution in [0.1, 0.15) is 18.4 Å². The molecule has 1 aromatic heterocycles. The lowest BCUT2D eigenvalue weighted by atomic mass is 9.97. The van der Waals surface area contributed by atoms with Crippen LogP contribution in [-0.4, -0.2) is 42.1 Å². The Kier molecular flexibility index (Phi) is 6.25. The average molecular weight is 463 g/mol. The molecule has 0 radical (unpaired) electrons. The summed E-state index contributed by atoms with van der Waals surface area (Å²) in [5, 5.41) is 0.739. The van der Waals surface area contributed by atoms with Crippen LogP contribution >= 0.6 is 11.6 Å². The SMILES string of the molecule is Cn1c(=O)n(C)c2cc(S(=O)(=O)NCC3CCN(Cc4ccc(Cl)cc4)CC3)ccc21. The number of hydrogen-bond donors (Lipinski definition) is 1. The Hall–Kier alpha value is -2.13. The van der Waals surface area contributed by atoms with Gasteiger partial charge in [-0.05, 0) is 67.7 Å². The van der Waals surface area contributed by atoms with Gasteiger partial charge >= 0.3 is 5.69 Å². The van der Waals surface area contributed by atoms with Gasteiger partial charge in [-0.3, -0.25) is 14.0 Å². The third-order valence-corrected chi connectivity index (χ3v) is 7.82. The second-order valence-corrected chi connectivity index (χ2v) is 10.5. The fourth-order valence-corrected chi connectivity index (χ4v) is 5.42. The van der Waals surface area contributed by atoms with Crippen LogP contribution in [0.2, 0.25) is 5.02 Å². The van der Waals surface area contributed by atoms with Gasteiger partial charge in [-0.25, -0.2) is 17.9 Å². The molecule has 0 saturated carbocycles. The molecule has 0 spiro atoms. The maximum Gasteiger partial charge on any atom is 0.328 e. The summed E-state index contributed by atoms with van der Waals surface area (Å²) in [5.74, 6) is 0.307. The predicted molar refractivity (Wildman–Crippen MR) is 123 cm³/mol. The number of aromatic nitrogens is 2. The van der Waals surface area contributed by atoms with E-state index in [-0.39, 0.29) is 10.6 Å². The monoisotopic (exact) mass is 462 g/mol. The van der Waals surface area contributed by atoms with Crippen molar-refractivity contribution in [2.75, 3.05) is 19.6 Å². The summed E-state index contributed by atoms with van der Waals surface area (Å²) in [6, 6.07) is 12.7. The molecule has 9 heteroatoms. The summed E-state index contributed by atoms with van der Waals surface area (Å²) >= 11 is 5.95. The first-order chi connectivity index (χ1) is 14.7. The maximum absolute atomic E-state index is 12.8. The van der Waals surface area contributed by atoms with E-state index in [9.17, 15) is 13.2 Å². The number of piperidine rings is 1. The molecule has 0 amide bonds. The molecule has 2 heterocycles. The summed E-state index contributed by atoms with van der Waals surface area (Å²) in [6.45, 7) is 3.18. The molecule has 31 heavy (non-hydrogen) atoms. The smallest absolute Gasteiger partial charge is 0.299 e. The van der Waals surface area contributed by atoms with Crippen molar-refractivity contribution < 1.29 is 8.42 Å². The van der Waals surface area contributed by atoms with Crippen molar-refractivity contribution in [3.05, 3.63) is 63.5 Å². The Balaban J connectivity index is 1.35. The Bertz CT molecular complexity index is 1240. The number of likely N-dealkylation sites (tertiary alicyclic amines) is 1. The molecular weight excluding hydrogens is 436 g/mol. The van der Waals surface area contributed by atoms with Crippen molar-refractivity contribution in [2.45, 2.75) is 24.3 Å². The van der Waals surface area contributed by atoms with Crippen LogP contribution in [0.5, 0.6) is 0 Å². The minimum atomic E-state index is -3.64. The zero-order valence-electron chi connectivity index (χ0n) is 17.7. The van der Waals surface area contributed by atoms with Crippen molar-refractivity contribution in [2.24, 2.45) is 20.0 Å². The summed E-state index contributed by atoms with van der Waals surface area (Å²) < 4.78 is 31.4. The fourth-order valence-electron chi connectivity index (χ4n) is 4.16. The highest BCUT2D eigenvalue weighted by atomic mass is 35.5. The van der Waals surface area contributed by atoms with Crippen LogP contribution in [-0.2, 0) is 30.7 Å². The predicted octanol–water partition coefficient (Wildman–Crippen LogP) is 2.72. The van der Waals surface area contributed by atoms with Gasteiger partial charge in [0.1, 0.15) is 0 Å². The maximum atomic E-state index is 12.8. The standard InChI is InChI=1S/C22H27ClN4O3S/c1-25-20-8-7-19(13-21(20)26(2)22(25)28)31(29,30)24-14-16-9-11-27(12-10-16)15-17-3-5-18(23)6-4-17/h3-8,13,16,24H,9-12,14-15H2,1-2H3. The van der Waals surface area contributed by atoms with Crippen LogP contribution in [0.4, 0.5) is 0 Å². The number of sulfonamides is 1. The summed E-state index contributed by atoms with van der Waals surface area (Å²) in [5.41, 5.74) is 2.36. The van der Waals surface area contributed by atoms with Gasteiger partial charge in [0.15, 0.2) is 0 Å². The van der Waals surface area contributed by atoms with E-state index in [4.69, 9.17) is 11.6 Å². The van der Waals surface area contributed by atoms with E-state index in [1.54, 1.807) is 32.3 Å². The van der Waals surface area contributed by atoms with Crippen LogP contribution in [0.25, 0.3) is 11.0 Å². The molecule has 0 aliphatic carbocycles.